The maximum Gasteiger partial charge on any atom is 0.232 e. The first-order chi connectivity index (χ1) is 9.45. The van der Waals surface area contributed by atoms with Crippen LogP contribution in [-0.2, 0) is 14.8 Å². The fourth-order valence-corrected chi connectivity index (χ4v) is 3.52. The summed E-state index contributed by atoms with van der Waals surface area (Å²) in [5, 5.41) is 2.85. The lowest BCUT2D eigenvalue weighted by Crippen LogP contribution is -2.31. The normalized spacial score (nSPS) is 18.6. The molecule has 0 unspecified atom stereocenters. The van der Waals surface area contributed by atoms with Gasteiger partial charge in [-0.1, -0.05) is 0 Å². The van der Waals surface area contributed by atoms with Gasteiger partial charge in [-0.25, -0.2) is 8.42 Å². The Morgan fingerprint density at radius 3 is 2.20 bits per heavy atom. The van der Waals surface area contributed by atoms with E-state index in [1.807, 2.05) is 0 Å². The fraction of sp³-hybridized carbons (Fsp3) is 0.500. The fourth-order valence-electron chi connectivity index (χ4n) is 2.26. The molecule has 1 aromatic rings. The molecule has 2 aliphatic carbocycles. The molecule has 0 aliphatic heterocycles. The highest BCUT2D eigenvalue weighted by atomic mass is 32.2. The molecule has 0 saturated heterocycles. The molecule has 20 heavy (non-hydrogen) atoms. The van der Waals surface area contributed by atoms with Crippen LogP contribution in [0.25, 0.3) is 0 Å². The first-order valence-corrected chi connectivity index (χ1v) is 8.70. The van der Waals surface area contributed by atoms with Gasteiger partial charge in [-0.05, 0) is 49.9 Å². The van der Waals surface area contributed by atoms with E-state index < -0.39 is 10.0 Å². The lowest BCUT2D eigenvalue weighted by atomic mass is 10.2. The third kappa shape index (κ3) is 2.95. The highest BCUT2D eigenvalue weighted by Crippen LogP contribution is 2.34. The summed E-state index contributed by atoms with van der Waals surface area (Å²) >= 11 is 0. The molecule has 2 fully saturated rings. The third-order valence-electron chi connectivity index (χ3n) is 3.57. The van der Waals surface area contributed by atoms with E-state index in [2.05, 4.69) is 5.32 Å². The van der Waals surface area contributed by atoms with Gasteiger partial charge >= 0.3 is 0 Å². The Morgan fingerprint density at radius 1 is 1.15 bits per heavy atom. The van der Waals surface area contributed by atoms with Gasteiger partial charge < -0.3 is 5.32 Å². The Balaban J connectivity index is 1.75. The van der Waals surface area contributed by atoms with Crippen molar-refractivity contribution in [3.05, 3.63) is 24.3 Å². The molecule has 0 radical (unpaired) electrons. The van der Waals surface area contributed by atoms with E-state index >= 15 is 0 Å². The van der Waals surface area contributed by atoms with Crippen molar-refractivity contribution in [2.24, 2.45) is 5.92 Å². The molecule has 1 aromatic carbocycles. The lowest BCUT2D eigenvalue weighted by Gasteiger charge is -2.22. The summed E-state index contributed by atoms with van der Waals surface area (Å²) in [6, 6.07) is 7.12. The number of nitrogens with zero attached hydrogens (tertiary/aromatic N) is 1. The van der Waals surface area contributed by atoms with Crippen LogP contribution in [0.4, 0.5) is 11.4 Å². The second-order valence-corrected chi connectivity index (χ2v) is 7.46. The second-order valence-electron chi connectivity index (χ2n) is 5.60. The van der Waals surface area contributed by atoms with Crippen molar-refractivity contribution in [1.29, 1.82) is 0 Å². The van der Waals surface area contributed by atoms with Crippen LogP contribution in [0, 0.1) is 5.92 Å². The molecule has 2 aliphatic rings. The molecule has 6 heteroatoms. The summed E-state index contributed by atoms with van der Waals surface area (Å²) in [6.07, 6.45) is 4.98. The smallest absolute Gasteiger partial charge is 0.232 e. The zero-order chi connectivity index (χ0) is 14.3. The topological polar surface area (TPSA) is 66.5 Å². The number of anilines is 2. The molecule has 1 N–H and O–H groups in total. The zero-order valence-electron chi connectivity index (χ0n) is 11.4. The predicted molar refractivity (Wildman–Crippen MR) is 78.1 cm³/mol. The van der Waals surface area contributed by atoms with Crippen LogP contribution in [-0.4, -0.2) is 26.6 Å². The second kappa shape index (κ2) is 4.77. The van der Waals surface area contributed by atoms with E-state index in [1.165, 1.54) is 10.6 Å². The number of amides is 1. The molecule has 3 rings (SSSR count). The first kappa shape index (κ1) is 13.4. The molecular weight excluding hydrogens is 276 g/mol. The average molecular weight is 294 g/mol. The van der Waals surface area contributed by atoms with Crippen molar-refractivity contribution in [3.63, 3.8) is 0 Å². The van der Waals surface area contributed by atoms with Crippen molar-refractivity contribution >= 4 is 27.3 Å². The monoisotopic (exact) mass is 294 g/mol. The largest absolute Gasteiger partial charge is 0.326 e. The van der Waals surface area contributed by atoms with Gasteiger partial charge in [0.2, 0.25) is 15.9 Å². The average Bonchev–Trinajstić information content (AvgIpc) is 3.24. The molecule has 108 valence electrons. The first-order valence-electron chi connectivity index (χ1n) is 6.85. The SMILES string of the molecule is CS(=O)(=O)N(c1ccc(NC(=O)C2CC2)cc1)C1CC1. The van der Waals surface area contributed by atoms with Gasteiger partial charge in [0.15, 0.2) is 0 Å². The van der Waals surface area contributed by atoms with Crippen LogP contribution in [0.15, 0.2) is 24.3 Å². The molecule has 5 nitrogen and oxygen atoms in total. The van der Waals surface area contributed by atoms with Crippen molar-refractivity contribution in [2.45, 2.75) is 31.7 Å². The summed E-state index contributed by atoms with van der Waals surface area (Å²) in [6.45, 7) is 0. The molecule has 0 bridgehead atoms. The van der Waals surface area contributed by atoms with Crippen LogP contribution >= 0.6 is 0 Å². The van der Waals surface area contributed by atoms with Gasteiger partial charge in [-0.15, -0.1) is 0 Å². The number of carbonyl (C=O) groups is 1. The molecule has 1 amide bonds. The van der Waals surface area contributed by atoms with Crippen molar-refractivity contribution < 1.29 is 13.2 Å². The highest BCUT2D eigenvalue weighted by Gasteiger charge is 2.35. The van der Waals surface area contributed by atoms with Crippen LogP contribution < -0.4 is 9.62 Å². The Labute approximate surface area is 119 Å². The minimum absolute atomic E-state index is 0.0555. The van der Waals surface area contributed by atoms with Crippen molar-refractivity contribution in [1.82, 2.24) is 0 Å². The standard InChI is InChI=1S/C14H18N2O3S/c1-20(18,19)16(13-8-9-13)12-6-4-11(5-7-12)15-14(17)10-2-3-10/h4-7,10,13H,2-3,8-9H2,1H3,(H,15,17). The molecule has 0 aromatic heterocycles. The Bertz CT molecular complexity index is 616. The molecule has 2 saturated carbocycles. The number of benzene rings is 1. The molecule has 0 atom stereocenters. The predicted octanol–water partition coefficient (Wildman–Crippen LogP) is 1.96. The van der Waals surface area contributed by atoms with E-state index in [0.717, 1.165) is 31.4 Å². The Kier molecular flexibility index (Phi) is 3.20. The third-order valence-corrected chi connectivity index (χ3v) is 4.80. The summed E-state index contributed by atoms with van der Waals surface area (Å²) in [7, 11) is -3.25. The summed E-state index contributed by atoms with van der Waals surface area (Å²) in [4.78, 5) is 11.7. The lowest BCUT2D eigenvalue weighted by molar-refractivity contribution is -0.117. The van der Waals surface area contributed by atoms with Crippen LogP contribution in [0.5, 0.6) is 0 Å². The maximum absolute atomic E-state index is 11.8. The van der Waals surface area contributed by atoms with E-state index in [4.69, 9.17) is 0 Å². The van der Waals surface area contributed by atoms with E-state index in [0.29, 0.717) is 5.69 Å². The quantitative estimate of drug-likeness (QED) is 0.902. The number of hydrogen-bond acceptors (Lipinski definition) is 3. The van der Waals surface area contributed by atoms with Crippen LogP contribution in [0.3, 0.4) is 0 Å². The van der Waals surface area contributed by atoms with Crippen LogP contribution in [0.1, 0.15) is 25.7 Å². The van der Waals surface area contributed by atoms with E-state index in [9.17, 15) is 13.2 Å². The Morgan fingerprint density at radius 2 is 1.75 bits per heavy atom. The molecular formula is C14H18N2O3S. The van der Waals surface area contributed by atoms with Gasteiger partial charge in [0, 0.05) is 17.6 Å². The maximum atomic E-state index is 11.8. The van der Waals surface area contributed by atoms with Crippen molar-refractivity contribution in [2.75, 3.05) is 15.9 Å². The molecule has 0 heterocycles. The molecule has 0 spiro atoms. The van der Waals surface area contributed by atoms with Gasteiger partial charge in [-0.3, -0.25) is 9.10 Å². The minimum Gasteiger partial charge on any atom is -0.326 e. The Hall–Kier alpha value is -1.56. The summed E-state index contributed by atoms with van der Waals surface area (Å²) in [5.41, 5.74) is 1.38. The van der Waals surface area contributed by atoms with Gasteiger partial charge in [-0.2, -0.15) is 0 Å². The number of sulfonamides is 1. The minimum atomic E-state index is -3.25. The number of carbonyl (C=O) groups excluding carboxylic acids is 1. The van der Waals surface area contributed by atoms with Gasteiger partial charge in [0.05, 0.1) is 11.9 Å². The van der Waals surface area contributed by atoms with Gasteiger partial charge in [0.25, 0.3) is 0 Å². The summed E-state index contributed by atoms with van der Waals surface area (Å²) < 4.78 is 25.1. The van der Waals surface area contributed by atoms with Crippen LogP contribution in [0.2, 0.25) is 0 Å². The zero-order valence-corrected chi connectivity index (χ0v) is 12.2. The summed E-state index contributed by atoms with van der Waals surface area (Å²) in [5.74, 6) is 0.216. The number of nitrogens with one attached hydrogen (secondary N) is 1. The number of hydrogen-bond donors (Lipinski definition) is 1. The van der Waals surface area contributed by atoms with Gasteiger partial charge in [0.1, 0.15) is 0 Å². The number of rotatable bonds is 5. The van der Waals surface area contributed by atoms with E-state index in [1.54, 1.807) is 24.3 Å². The van der Waals surface area contributed by atoms with E-state index in [-0.39, 0.29) is 17.9 Å². The highest BCUT2D eigenvalue weighted by molar-refractivity contribution is 7.92. The van der Waals surface area contributed by atoms with Crippen molar-refractivity contribution in [3.8, 4) is 0 Å².